The van der Waals surface area contributed by atoms with Crippen LogP contribution < -0.4 is 4.74 Å². The molecule has 0 bridgehead atoms. The molecule has 0 radical (unpaired) electrons. The van der Waals surface area contributed by atoms with Crippen molar-refractivity contribution in [3.63, 3.8) is 0 Å². The van der Waals surface area contributed by atoms with Gasteiger partial charge in [0.25, 0.3) is 5.91 Å². The summed E-state index contributed by atoms with van der Waals surface area (Å²) in [5.41, 5.74) is 0.764. The zero-order valence-corrected chi connectivity index (χ0v) is 11.9. The first-order chi connectivity index (χ1) is 9.78. The molecule has 1 aromatic rings. The molecule has 0 aromatic heterocycles. The maximum absolute atomic E-state index is 12.5. The molecule has 1 heterocycles. The van der Waals surface area contributed by atoms with Crippen molar-refractivity contribution in [3.05, 3.63) is 42.0 Å². The number of hydrogen-bond donors (Lipinski definition) is 0. The average molecular weight is 271 g/mol. The molecule has 2 unspecified atom stereocenters. The van der Waals surface area contributed by atoms with Crippen molar-refractivity contribution in [2.24, 2.45) is 11.8 Å². The Labute approximate surface area is 120 Å². The Balaban J connectivity index is 1.67. The van der Waals surface area contributed by atoms with E-state index in [0.717, 1.165) is 37.2 Å². The highest BCUT2D eigenvalue weighted by molar-refractivity contribution is 5.94. The van der Waals surface area contributed by atoms with E-state index in [2.05, 4.69) is 12.2 Å². The second-order valence-electron chi connectivity index (χ2n) is 5.63. The number of ether oxygens (including phenoxy) is 1. The number of hydrogen-bond acceptors (Lipinski definition) is 2. The minimum absolute atomic E-state index is 0.155. The second-order valence-corrected chi connectivity index (χ2v) is 5.63. The van der Waals surface area contributed by atoms with Crippen LogP contribution in [0.4, 0.5) is 0 Å². The van der Waals surface area contributed by atoms with Gasteiger partial charge in [-0.15, -0.1) is 0 Å². The van der Waals surface area contributed by atoms with E-state index in [4.69, 9.17) is 4.74 Å². The number of rotatable bonds is 3. The van der Waals surface area contributed by atoms with Crippen molar-refractivity contribution >= 4 is 5.91 Å². The summed E-state index contributed by atoms with van der Waals surface area (Å²) in [6.45, 7) is 4.41. The number of benzene rings is 1. The largest absolute Gasteiger partial charge is 0.494 e. The molecular weight excluding hydrogens is 250 g/mol. The Bertz CT molecular complexity index is 490. The minimum atomic E-state index is 0.155. The zero-order chi connectivity index (χ0) is 13.9. The van der Waals surface area contributed by atoms with Crippen LogP contribution in [0.2, 0.25) is 0 Å². The molecule has 1 amide bonds. The normalized spacial score (nSPS) is 24.6. The van der Waals surface area contributed by atoms with E-state index in [9.17, 15) is 4.79 Å². The van der Waals surface area contributed by atoms with Crippen LogP contribution in [0.3, 0.4) is 0 Å². The van der Waals surface area contributed by atoms with Gasteiger partial charge in [-0.05, 0) is 55.9 Å². The van der Waals surface area contributed by atoms with E-state index in [-0.39, 0.29) is 5.91 Å². The van der Waals surface area contributed by atoms with Crippen LogP contribution in [0.1, 0.15) is 30.1 Å². The molecule has 2 aliphatic rings. The van der Waals surface area contributed by atoms with E-state index in [1.807, 2.05) is 36.1 Å². The molecule has 0 spiro atoms. The summed E-state index contributed by atoms with van der Waals surface area (Å²) < 4.78 is 5.41. The summed E-state index contributed by atoms with van der Waals surface area (Å²) in [4.78, 5) is 14.5. The third-order valence-corrected chi connectivity index (χ3v) is 4.32. The van der Waals surface area contributed by atoms with Gasteiger partial charge in [-0.1, -0.05) is 12.2 Å². The Kier molecular flexibility index (Phi) is 3.77. The smallest absolute Gasteiger partial charge is 0.253 e. The van der Waals surface area contributed by atoms with Crippen molar-refractivity contribution < 1.29 is 9.53 Å². The molecule has 3 rings (SSSR count). The van der Waals surface area contributed by atoms with Crippen LogP contribution in [-0.2, 0) is 0 Å². The fourth-order valence-electron chi connectivity index (χ4n) is 3.22. The Morgan fingerprint density at radius 2 is 1.75 bits per heavy atom. The van der Waals surface area contributed by atoms with Crippen molar-refractivity contribution in [2.45, 2.75) is 19.8 Å². The van der Waals surface area contributed by atoms with Crippen molar-refractivity contribution in [1.82, 2.24) is 4.90 Å². The number of likely N-dealkylation sites (tertiary alicyclic amines) is 1. The van der Waals surface area contributed by atoms with E-state index in [1.165, 1.54) is 0 Å². The predicted molar refractivity (Wildman–Crippen MR) is 78.9 cm³/mol. The van der Waals surface area contributed by atoms with Crippen LogP contribution in [0.15, 0.2) is 36.4 Å². The lowest BCUT2D eigenvalue weighted by Crippen LogP contribution is -2.28. The van der Waals surface area contributed by atoms with Crippen molar-refractivity contribution in [2.75, 3.05) is 19.7 Å². The lowest BCUT2D eigenvalue weighted by atomic mass is 9.86. The molecule has 1 aliphatic carbocycles. The molecule has 106 valence electrons. The molecule has 1 fully saturated rings. The Morgan fingerprint density at radius 3 is 2.30 bits per heavy atom. The van der Waals surface area contributed by atoms with Gasteiger partial charge in [0, 0.05) is 18.7 Å². The lowest BCUT2D eigenvalue weighted by Gasteiger charge is -2.17. The monoisotopic (exact) mass is 271 g/mol. The number of nitrogens with zero attached hydrogens (tertiary/aromatic N) is 1. The van der Waals surface area contributed by atoms with Gasteiger partial charge in [-0.25, -0.2) is 0 Å². The van der Waals surface area contributed by atoms with Gasteiger partial charge in [0.1, 0.15) is 5.75 Å². The molecule has 2 atom stereocenters. The summed E-state index contributed by atoms with van der Waals surface area (Å²) in [7, 11) is 0. The van der Waals surface area contributed by atoms with Crippen LogP contribution in [0.5, 0.6) is 5.75 Å². The van der Waals surface area contributed by atoms with Gasteiger partial charge in [0.2, 0.25) is 0 Å². The first-order valence-corrected chi connectivity index (χ1v) is 7.45. The third-order valence-electron chi connectivity index (χ3n) is 4.32. The highest BCUT2D eigenvalue weighted by Crippen LogP contribution is 2.33. The molecule has 3 heteroatoms. The lowest BCUT2D eigenvalue weighted by molar-refractivity contribution is 0.0784. The molecule has 1 aliphatic heterocycles. The maximum atomic E-state index is 12.5. The quantitative estimate of drug-likeness (QED) is 0.790. The average Bonchev–Trinajstić information content (AvgIpc) is 2.91. The topological polar surface area (TPSA) is 29.5 Å². The van der Waals surface area contributed by atoms with Gasteiger partial charge in [0.15, 0.2) is 0 Å². The zero-order valence-electron chi connectivity index (χ0n) is 11.9. The van der Waals surface area contributed by atoms with E-state index in [1.54, 1.807) is 0 Å². The molecule has 3 nitrogen and oxygen atoms in total. The van der Waals surface area contributed by atoms with Gasteiger partial charge in [0.05, 0.1) is 6.61 Å². The fraction of sp³-hybridized carbons (Fsp3) is 0.471. The first-order valence-electron chi connectivity index (χ1n) is 7.45. The molecule has 1 saturated heterocycles. The molecule has 20 heavy (non-hydrogen) atoms. The summed E-state index contributed by atoms with van der Waals surface area (Å²) >= 11 is 0. The predicted octanol–water partition coefficient (Wildman–Crippen LogP) is 3.12. The van der Waals surface area contributed by atoms with Crippen molar-refractivity contribution in [1.29, 1.82) is 0 Å². The number of carbonyl (C=O) groups excluding carboxylic acids is 1. The van der Waals surface area contributed by atoms with Gasteiger partial charge >= 0.3 is 0 Å². The SMILES string of the molecule is CCOc1ccc(C(=O)N2CC3CC=CCC3C2)cc1. The number of amides is 1. The van der Waals surface area contributed by atoms with Gasteiger partial charge in [-0.2, -0.15) is 0 Å². The number of carbonyl (C=O) groups is 1. The van der Waals surface area contributed by atoms with Crippen LogP contribution in [-0.4, -0.2) is 30.5 Å². The van der Waals surface area contributed by atoms with Crippen LogP contribution in [0.25, 0.3) is 0 Å². The molecule has 1 aromatic carbocycles. The molecular formula is C17H21NO2. The summed E-state index contributed by atoms with van der Waals surface area (Å²) in [6, 6.07) is 7.49. The minimum Gasteiger partial charge on any atom is -0.494 e. The molecule has 0 saturated carbocycles. The fourth-order valence-corrected chi connectivity index (χ4v) is 3.22. The number of fused-ring (bicyclic) bond motifs is 1. The number of allylic oxidation sites excluding steroid dienone is 2. The second kappa shape index (κ2) is 5.70. The Morgan fingerprint density at radius 1 is 1.15 bits per heavy atom. The van der Waals surface area contributed by atoms with Gasteiger partial charge in [-0.3, -0.25) is 4.79 Å². The van der Waals surface area contributed by atoms with E-state index in [0.29, 0.717) is 18.4 Å². The summed E-state index contributed by atoms with van der Waals surface area (Å²) in [5, 5.41) is 0. The van der Waals surface area contributed by atoms with Crippen LogP contribution in [0, 0.1) is 11.8 Å². The third kappa shape index (κ3) is 2.58. The van der Waals surface area contributed by atoms with Crippen molar-refractivity contribution in [3.8, 4) is 5.75 Å². The van der Waals surface area contributed by atoms with Gasteiger partial charge < -0.3 is 9.64 Å². The van der Waals surface area contributed by atoms with E-state index >= 15 is 0 Å². The first kappa shape index (κ1) is 13.2. The highest BCUT2D eigenvalue weighted by atomic mass is 16.5. The van der Waals surface area contributed by atoms with E-state index < -0.39 is 0 Å². The summed E-state index contributed by atoms with van der Waals surface area (Å²) in [6.07, 6.45) is 6.76. The van der Waals surface area contributed by atoms with Crippen LogP contribution >= 0.6 is 0 Å². The maximum Gasteiger partial charge on any atom is 0.253 e. The molecule has 0 N–H and O–H groups in total. The Hall–Kier alpha value is -1.77. The summed E-state index contributed by atoms with van der Waals surface area (Å²) in [5.74, 6) is 2.30. The highest BCUT2D eigenvalue weighted by Gasteiger charge is 2.35. The standard InChI is InChI=1S/C17H21NO2/c1-2-20-16-9-7-13(8-10-16)17(19)18-11-14-5-3-4-6-15(14)12-18/h3-4,7-10,14-15H,2,5-6,11-12H2,1H3.